The summed E-state index contributed by atoms with van der Waals surface area (Å²) in [6.07, 6.45) is -0.269. The highest BCUT2D eigenvalue weighted by atomic mass is 32.2. The summed E-state index contributed by atoms with van der Waals surface area (Å²) < 4.78 is 33.9. The number of alkyl carbamates (subject to hydrolysis) is 1. The van der Waals surface area contributed by atoms with Gasteiger partial charge in [0.25, 0.3) is 5.69 Å². The van der Waals surface area contributed by atoms with Crippen LogP contribution in [0.1, 0.15) is 37.3 Å². The first-order valence-corrected chi connectivity index (χ1v) is 18.7. The largest absolute Gasteiger partial charge is 0.453 e. The first-order chi connectivity index (χ1) is 24.5. The number of carbonyl (C=O) groups is 2. The quantitative estimate of drug-likeness (QED) is 0.0643. The number of thioether (sulfide) groups is 1. The van der Waals surface area contributed by atoms with Crippen LogP contribution in [0.2, 0.25) is 0 Å². The van der Waals surface area contributed by atoms with Crippen molar-refractivity contribution in [2.24, 2.45) is 5.92 Å². The number of nitrogens with one attached hydrogen (secondary N) is 2. The fourth-order valence-electron chi connectivity index (χ4n) is 5.46. The van der Waals surface area contributed by atoms with E-state index in [1.807, 2.05) is 74.5 Å². The van der Waals surface area contributed by atoms with E-state index in [1.165, 1.54) is 35.3 Å². The lowest BCUT2D eigenvalue weighted by molar-refractivity contribution is -0.384. The summed E-state index contributed by atoms with van der Waals surface area (Å²) in [5, 5.41) is 27.4. The van der Waals surface area contributed by atoms with Gasteiger partial charge in [-0.2, -0.15) is 4.31 Å². The standard InChI is InChI=1S/C37H42N4O8S2/c1-26(2)22-23-40(51(47,48)31-20-18-29(19-21-31)41(45)46)30(24-42)25-50-33-17-11-10-16-32(33)38-36(43)35(39-37(44)49-3)34(27-12-6-4-7-13-27)28-14-8-5-9-15-28/h4-21,26,30,34-35,42H,22-25H2,1-3H3,(H,38,43)(H,39,44)/t30-,35+/m1/s1. The van der Waals surface area contributed by atoms with Gasteiger partial charge < -0.3 is 20.5 Å². The lowest BCUT2D eigenvalue weighted by Crippen LogP contribution is -2.48. The van der Waals surface area contributed by atoms with Gasteiger partial charge in [0.15, 0.2) is 0 Å². The van der Waals surface area contributed by atoms with Gasteiger partial charge in [0.05, 0.1) is 35.3 Å². The molecule has 270 valence electrons. The summed E-state index contributed by atoms with van der Waals surface area (Å²) in [5.74, 6) is -0.813. The van der Waals surface area contributed by atoms with E-state index in [4.69, 9.17) is 4.74 Å². The minimum absolute atomic E-state index is 0.113. The van der Waals surface area contributed by atoms with Crippen LogP contribution in [0.4, 0.5) is 16.2 Å². The average Bonchev–Trinajstić information content (AvgIpc) is 3.13. The first-order valence-electron chi connectivity index (χ1n) is 16.3. The van der Waals surface area contributed by atoms with Gasteiger partial charge in [0.2, 0.25) is 15.9 Å². The van der Waals surface area contributed by atoms with E-state index in [0.717, 1.165) is 23.3 Å². The molecule has 0 aliphatic heterocycles. The highest BCUT2D eigenvalue weighted by molar-refractivity contribution is 7.99. The molecule has 51 heavy (non-hydrogen) atoms. The molecule has 0 fully saturated rings. The van der Waals surface area contributed by atoms with Crippen LogP contribution in [-0.4, -0.2) is 72.9 Å². The minimum Gasteiger partial charge on any atom is -0.453 e. The second-order valence-corrected chi connectivity index (χ2v) is 15.0. The van der Waals surface area contributed by atoms with Gasteiger partial charge in [0, 0.05) is 35.2 Å². The van der Waals surface area contributed by atoms with Gasteiger partial charge in [-0.05, 0) is 47.7 Å². The van der Waals surface area contributed by atoms with Crippen LogP contribution in [0.3, 0.4) is 0 Å². The maximum absolute atomic E-state index is 14.1. The number of sulfonamides is 1. The molecule has 0 aliphatic carbocycles. The Morgan fingerprint density at radius 2 is 1.47 bits per heavy atom. The van der Waals surface area contributed by atoms with E-state index in [1.54, 1.807) is 24.3 Å². The van der Waals surface area contributed by atoms with Crippen LogP contribution in [0.25, 0.3) is 0 Å². The van der Waals surface area contributed by atoms with E-state index in [9.17, 15) is 33.2 Å². The van der Waals surface area contributed by atoms with Crippen molar-refractivity contribution in [3.05, 3.63) is 130 Å². The van der Waals surface area contributed by atoms with Crippen LogP contribution < -0.4 is 10.6 Å². The maximum Gasteiger partial charge on any atom is 0.407 e. The number of aliphatic hydroxyl groups excluding tert-OH is 1. The third-order valence-electron chi connectivity index (χ3n) is 8.17. The molecule has 0 aromatic heterocycles. The maximum atomic E-state index is 14.1. The van der Waals surface area contributed by atoms with Crippen LogP contribution in [0.5, 0.6) is 0 Å². The number of benzene rings is 4. The number of aliphatic hydroxyl groups is 1. The number of ether oxygens (including phenoxy) is 1. The van der Waals surface area contributed by atoms with Gasteiger partial charge in [0.1, 0.15) is 6.04 Å². The monoisotopic (exact) mass is 734 g/mol. The fraction of sp³-hybridized carbons (Fsp3) is 0.297. The van der Waals surface area contributed by atoms with E-state index in [-0.39, 0.29) is 28.8 Å². The molecule has 4 aromatic rings. The molecule has 3 N–H and O–H groups in total. The Hall–Kier alpha value is -4.76. The summed E-state index contributed by atoms with van der Waals surface area (Å²) in [4.78, 5) is 37.8. The molecule has 0 heterocycles. The predicted octanol–water partition coefficient (Wildman–Crippen LogP) is 6.28. The molecule has 0 saturated carbocycles. The second kappa shape index (κ2) is 18.5. The van der Waals surface area contributed by atoms with Crippen LogP contribution in [0, 0.1) is 16.0 Å². The Bertz CT molecular complexity index is 1820. The van der Waals surface area contributed by atoms with E-state index < -0.39 is 51.6 Å². The third kappa shape index (κ3) is 10.4. The van der Waals surface area contributed by atoms with Gasteiger partial charge in [-0.1, -0.05) is 86.6 Å². The second-order valence-electron chi connectivity index (χ2n) is 12.1. The number of nitro groups is 1. The lowest BCUT2D eigenvalue weighted by Gasteiger charge is -2.30. The van der Waals surface area contributed by atoms with Crippen LogP contribution in [-0.2, 0) is 19.6 Å². The Kier molecular flexibility index (Phi) is 14.1. The molecule has 2 atom stereocenters. The summed E-state index contributed by atoms with van der Waals surface area (Å²) in [6.45, 7) is 3.54. The Labute approximate surface area is 302 Å². The van der Waals surface area contributed by atoms with Crippen molar-refractivity contribution >= 4 is 45.2 Å². The van der Waals surface area contributed by atoms with Crippen molar-refractivity contribution in [1.29, 1.82) is 0 Å². The van der Waals surface area contributed by atoms with Gasteiger partial charge in [-0.3, -0.25) is 14.9 Å². The first kappa shape index (κ1) is 39.0. The number of rotatable bonds is 17. The van der Waals surface area contributed by atoms with E-state index in [2.05, 4.69) is 10.6 Å². The van der Waals surface area contributed by atoms with Crippen molar-refractivity contribution in [2.45, 2.75) is 48.1 Å². The Morgan fingerprint density at radius 1 is 0.902 bits per heavy atom. The third-order valence-corrected chi connectivity index (χ3v) is 11.4. The predicted molar refractivity (Wildman–Crippen MR) is 197 cm³/mol. The van der Waals surface area contributed by atoms with Crippen molar-refractivity contribution in [3.8, 4) is 0 Å². The highest BCUT2D eigenvalue weighted by Gasteiger charge is 2.34. The van der Waals surface area contributed by atoms with Gasteiger partial charge >= 0.3 is 6.09 Å². The number of carbonyl (C=O) groups excluding carboxylic acids is 2. The molecular weight excluding hydrogens is 693 g/mol. The molecule has 0 radical (unpaired) electrons. The van der Waals surface area contributed by atoms with Crippen molar-refractivity contribution in [1.82, 2.24) is 9.62 Å². The molecule has 0 saturated heterocycles. The molecule has 0 spiro atoms. The molecule has 0 bridgehead atoms. The van der Waals surface area contributed by atoms with Gasteiger partial charge in [-0.15, -0.1) is 11.8 Å². The number of hydrogen-bond acceptors (Lipinski definition) is 9. The molecule has 14 heteroatoms. The Balaban J connectivity index is 1.62. The van der Waals surface area contributed by atoms with E-state index in [0.29, 0.717) is 17.0 Å². The number of para-hydroxylation sites is 1. The fourth-order valence-corrected chi connectivity index (χ4v) is 8.29. The number of hydrogen-bond donors (Lipinski definition) is 3. The Morgan fingerprint density at radius 3 is 2.00 bits per heavy atom. The summed E-state index contributed by atoms with van der Waals surface area (Å²) in [7, 11) is -2.93. The SMILES string of the molecule is COC(=O)N[C@H](C(=O)Nc1ccccc1SC[C@@H](CO)N(CCC(C)C)S(=O)(=O)c1ccc([N+](=O)[O-])cc1)C(c1ccccc1)c1ccccc1. The lowest BCUT2D eigenvalue weighted by atomic mass is 9.84. The highest BCUT2D eigenvalue weighted by Crippen LogP contribution is 2.33. The zero-order valence-corrected chi connectivity index (χ0v) is 30.2. The number of anilines is 1. The van der Waals surface area contributed by atoms with Crippen molar-refractivity contribution in [2.75, 3.05) is 31.3 Å². The van der Waals surface area contributed by atoms with Crippen molar-refractivity contribution in [3.63, 3.8) is 0 Å². The van der Waals surface area contributed by atoms with Crippen LogP contribution >= 0.6 is 11.8 Å². The summed E-state index contributed by atoms with van der Waals surface area (Å²) >= 11 is 1.25. The topological polar surface area (TPSA) is 168 Å². The average molecular weight is 735 g/mol. The molecule has 4 rings (SSSR count). The zero-order chi connectivity index (χ0) is 37.0. The minimum atomic E-state index is -4.16. The molecular formula is C37H42N4O8S2. The number of amides is 2. The smallest absolute Gasteiger partial charge is 0.407 e. The summed E-state index contributed by atoms with van der Waals surface area (Å²) in [5.41, 5.74) is 1.78. The number of methoxy groups -OCH3 is 1. The molecule has 2 amide bonds. The zero-order valence-electron chi connectivity index (χ0n) is 28.5. The molecule has 0 aliphatic rings. The van der Waals surface area contributed by atoms with E-state index >= 15 is 0 Å². The normalized spacial score (nSPS) is 12.8. The summed E-state index contributed by atoms with van der Waals surface area (Å²) in [6, 6.07) is 28.4. The number of non-ortho nitro benzene ring substituents is 1. The van der Waals surface area contributed by atoms with Gasteiger partial charge in [-0.25, -0.2) is 13.2 Å². The molecule has 0 unspecified atom stereocenters. The molecule has 12 nitrogen and oxygen atoms in total. The van der Waals surface area contributed by atoms with Crippen molar-refractivity contribution < 1.29 is 32.8 Å². The molecule has 4 aromatic carbocycles. The number of nitro benzene ring substituents is 1. The van der Waals surface area contributed by atoms with Crippen LogP contribution in [0.15, 0.2) is 119 Å². The number of nitrogens with zero attached hydrogens (tertiary/aromatic N) is 2.